The highest BCUT2D eigenvalue weighted by atomic mass is 32.2. The van der Waals surface area contributed by atoms with Gasteiger partial charge >= 0.3 is 6.18 Å². The molecule has 2 heterocycles. The van der Waals surface area contributed by atoms with Gasteiger partial charge in [0.05, 0.1) is 48.7 Å². The third kappa shape index (κ3) is 8.33. The molecule has 1 aliphatic heterocycles. The average Bonchev–Trinajstić information content (AvgIpc) is 3.36. The number of hydrogen-bond acceptors (Lipinski definition) is 8. The lowest BCUT2D eigenvalue weighted by molar-refractivity contribution is -0.140. The van der Waals surface area contributed by atoms with Crippen molar-refractivity contribution in [2.75, 3.05) is 50.6 Å². The van der Waals surface area contributed by atoms with E-state index in [1.807, 2.05) is 10.8 Å². The maximum Gasteiger partial charge on any atom is 0.406 e. The second-order valence-corrected chi connectivity index (χ2v) is 13.8. The maximum absolute atomic E-state index is 13.7. The Hall–Kier alpha value is -3.93. The second kappa shape index (κ2) is 14.0. The summed E-state index contributed by atoms with van der Waals surface area (Å²) in [5, 5.41) is 7.31. The van der Waals surface area contributed by atoms with Crippen LogP contribution in [0.1, 0.15) is 45.2 Å². The van der Waals surface area contributed by atoms with E-state index in [1.54, 1.807) is 18.2 Å². The van der Waals surface area contributed by atoms with Crippen LogP contribution in [-0.4, -0.2) is 81.5 Å². The number of carbonyl (C=O) groups is 1. The number of carbonyl (C=O) groups excluding carboxylic acids is 1. The molecule has 0 atom stereocenters. The molecule has 1 amide bonds. The fourth-order valence-electron chi connectivity index (χ4n) is 6.39. The van der Waals surface area contributed by atoms with Crippen LogP contribution >= 0.6 is 0 Å². The Labute approximate surface area is 273 Å². The summed E-state index contributed by atoms with van der Waals surface area (Å²) in [5.41, 5.74) is 1.99. The number of nitrogens with zero attached hydrogens (tertiary/aromatic N) is 2. The molecule has 0 bridgehead atoms. The summed E-state index contributed by atoms with van der Waals surface area (Å²) in [4.78, 5) is 13.6. The number of aromatic nitrogens is 1. The van der Waals surface area contributed by atoms with Gasteiger partial charge in [0.25, 0.3) is 10.0 Å². The van der Waals surface area contributed by atoms with E-state index in [0.717, 1.165) is 64.6 Å². The monoisotopic (exact) mass is 675 g/mol. The molecule has 3 N–H and O–H groups in total. The summed E-state index contributed by atoms with van der Waals surface area (Å²) in [6, 6.07) is 11.3. The Balaban J connectivity index is 1.33. The van der Waals surface area contributed by atoms with Crippen LogP contribution in [0.2, 0.25) is 0 Å². The van der Waals surface area contributed by atoms with Crippen LogP contribution in [-0.2, 0) is 26.1 Å². The van der Waals surface area contributed by atoms with Crippen molar-refractivity contribution in [2.24, 2.45) is 0 Å². The van der Waals surface area contributed by atoms with Gasteiger partial charge in [-0.3, -0.25) is 9.69 Å². The van der Waals surface area contributed by atoms with E-state index >= 15 is 0 Å². The van der Waals surface area contributed by atoms with Gasteiger partial charge in [-0.15, -0.1) is 0 Å². The zero-order valence-corrected chi connectivity index (χ0v) is 27.5. The van der Waals surface area contributed by atoms with Crippen LogP contribution in [0.4, 0.5) is 24.5 Å². The quantitative estimate of drug-likeness (QED) is 0.274. The number of morpholine rings is 1. The molecule has 47 heavy (non-hydrogen) atoms. The number of alkyl halides is 3. The molecule has 1 aliphatic carbocycles. The molecular weight excluding hydrogens is 635 g/mol. The number of benzene rings is 2. The van der Waals surface area contributed by atoms with E-state index in [4.69, 9.17) is 9.47 Å². The van der Waals surface area contributed by atoms with Gasteiger partial charge in [0.2, 0.25) is 5.91 Å². The normalized spacial score (nSPS) is 20.7. The molecule has 0 spiro atoms. The van der Waals surface area contributed by atoms with Crippen molar-refractivity contribution in [3.05, 3.63) is 48.2 Å². The van der Waals surface area contributed by atoms with E-state index in [0.29, 0.717) is 16.6 Å². The molecule has 2 fully saturated rings. The van der Waals surface area contributed by atoms with E-state index in [-0.39, 0.29) is 34.5 Å². The fraction of sp³-hybridized carbons (Fsp3) is 0.485. The Bertz CT molecular complexity index is 1770. The van der Waals surface area contributed by atoms with Crippen LogP contribution in [0.3, 0.4) is 0 Å². The van der Waals surface area contributed by atoms with Gasteiger partial charge in [-0.05, 0) is 68.9 Å². The van der Waals surface area contributed by atoms with Gasteiger partial charge in [0.15, 0.2) is 0 Å². The first-order valence-electron chi connectivity index (χ1n) is 15.5. The molecule has 0 radical (unpaired) electrons. The van der Waals surface area contributed by atoms with Crippen molar-refractivity contribution in [3.8, 4) is 17.6 Å². The largest absolute Gasteiger partial charge is 0.495 e. The SMILES string of the molecule is COc1cc(S(=O)(=O)NC(C)=O)ccc1NCC#Cc1cc2c(NC3CCC(C)(N4CCOCC4)CC3)cccc2n1CC(F)(F)F. The number of halogens is 3. The van der Waals surface area contributed by atoms with Crippen LogP contribution in [0.15, 0.2) is 47.4 Å². The van der Waals surface area contributed by atoms with Crippen LogP contribution in [0, 0.1) is 11.8 Å². The molecule has 10 nitrogen and oxygen atoms in total. The van der Waals surface area contributed by atoms with Crippen LogP contribution in [0.25, 0.3) is 10.9 Å². The lowest BCUT2D eigenvalue weighted by atomic mass is 9.79. The lowest BCUT2D eigenvalue weighted by Crippen LogP contribution is -2.54. The second-order valence-electron chi connectivity index (χ2n) is 12.2. The van der Waals surface area contributed by atoms with Crippen molar-refractivity contribution in [2.45, 2.75) is 68.7 Å². The summed E-state index contributed by atoms with van der Waals surface area (Å²) in [6.45, 7) is 5.64. The first kappa shape index (κ1) is 34.4. The molecule has 5 rings (SSSR count). The summed E-state index contributed by atoms with van der Waals surface area (Å²) in [6.07, 6.45) is -0.495. The number of nitrogens with one attached hydrogen (secondary N) is 3. The highest BCUT2D eigenvalue weighted by Crippen LogP contribution is 2.37. The fourth-order valence-corrected chi connectivity index (χ4v) is 7.40. The Morgan fingerprint density at radius 3 is 2.49 bits per heavy atom. The zero-order chi connectivity index (χ0) is 33.8. The van der Waals surface area contributed by atoms with E-state index in [2.05, 4.69) is 34.3 Å². The van der Waals surface area contributed by atoms with E-state index in [9.17, 15) is 26.4 Å². The van der Waals surface area contributed by atoms with Gasteiger partial charge in [-0.25, -0.2) is 13.1 Å². The third-order valence-electron chi connectivity index (χ3n) is 8.83. The summed E-state index contributed by atoms with van der Waals surface area (Å²) < 4.78 is 79.7. The van der Waals surface area contributed by atoms with Crippen molar-refractivity contribution in [1.82, 2.24) is 14.2 Å². The summed E-state index contributed by atoms with van der Waals surface area (Å²) in [7, 11) is -2.71. The zero-order valence-electron chi connectivity index (χ0n) is 26.7. The molecule has 2 aliphatic rings. The predicted molar refractivity (Wildman–Crippen MR) is 174 cm³/mol. The van der Waals surface area contributed by atoms with Gasteiger partial charge < -0.3 is 24.7 Å². The first-order chi connectivity index (χ1) is 22.3. The van der Waals surface area contributed by atoms with E-state index < -0.39 is 28.7 Å². The smallest absolute Gasteiger partial charge is 0.406 e. The summed E-state index contributed by atoms with van der Waals surface area (Å²) in [5.74, 6) is 5.24. The first-order valence-corrected chi connectivity index (χ1v) is 17.0. The number of anilines is 2. The minimum Gasteiger partial charge on any atom is -0.495 e. The topological polar surface area (TPSA) is 114 Å². The molecule has 1 aromatic heterocycles. The Morgan fingerprint density at radius 2 is 1.83 bits per heavy atom. The molecule has 254 valence electrons. The Kier molecular flexibility index (Phi) is 10.3. The van der Waals surface area contributed by atoms with Gasteiger partial charge in [-0.1, -0.05) is 12.0 Å². The number of ether oxygens (including phenoxy) is 2. The molecule has 3 aromatic rings. The number of rotatable bonds is 9. The number of methoxy groups -OCH3 is 1. The molecule has 2 aromatic carbocycles. The highest BCUT2D eigenvalue weighted by molar-refractivity contribution is 7.90. The maximum atomic E-state index is 13.7. The predicted octanol–water partition coefficient (Wildman–Crippen LogP) is 4.95. The van der Waals surface area contributed by atoms with Crippen molar-refractivity contribution in [3.63, 3.8) is 0 Å². The van der Waals surface area contributed by atoms with Crippen LogP contribution in [0.5, 0.6) is 5.75 Å². The number of sulfonamides is 1. The van der Waals surface area contributed by atoms with E-state index in [1.165, 1.54) is 29.9 Å². The van der Waals surface area contributed by atoms with Crippen molar-refractivity contribution >= 4 is 38.2 Å². The molecular formula is C33H40F3N5O5S. The minimum atomic E-state index is -4.45. The Morgan fingerprint density at radius 1 is 1.11 bits per heavy atom. The molecule has 1 saturated heterocycles. The minimum absolute atomic E-state index is 0.0385. The number of fused-ring (bicyclic) bond motifs is 1. The molecule has 0 unspecified atom stereocenters. The summed E-state index contributed by atoms with van der Waals surface area (Å²) >= 11 is 0. The van der Waals surface area contributed by atoms with Crippen LogP contribution < -0.4 is 20.1 Å². The highest BCUT2D eigenvalue weighted by Gasteiger charge is 2.37. The van der Waals surface area contributed by atoms with Gasteiger partial charge in [-0.2, -0.15) is 13.2 Å². The van der Waals surface area contributed by atoms with Gasteiger partial charge in [0, 0.05) is 48.7 Å². The molecule has 1 saturated carbocycles. The lowest BCUT2D eigenvalue weighted by Gasteiger charge is -2.47. The molecule has 14 heteroatoms. The average molecular weight is 676 g/mol. The van der Waals surface area contributed by atoms with Crippen molar-refractivity contribution in [1.29, 1.82) is 0 Å². The van der Waals surface area contributed by atoms with Crippen molar-refractivity contribution < 1.29 is 35.9 Å². The van der Waals surface area contributed by atoms with Gasteiger partial charge in [0.1, 0.15) is 12.3 Å². The number of amides is 1. The third-order valence-corrected chi connectivity index (χ3v) is 10.3. The number of hydrogen-bond donors (Lipinski definition) is 3. The standard InChI is InChI=1S/C33H40F3N5O5S/c1-23(42)39-47(43,44)26-9-10-29(31(21-26)45-3)37-15-5-6-25-20-27-28(7-4-8-30(27)41(25)22-33(34,35)36)38-24-11-13-32(2,14-12-24)40-16-18-46-19-17-40/h4,7-10,20-21,24,37-38H,11-19,22H2,1-3H3,(H,39,42).